The van der Waals surface area contributed by atoms with Gasteiger partial charge in [-0.15, -0.1) is 0 Å². The summed E-state index contributed by atoms with van der Waals surface area (Å²) in [5.74, 6) is 0.532. The van der Waals surface area contributed by atoms with E-state index in [-0.39, 0.29) is 12.0 Å². The first-order valence-electron chi connectivity index (χ1n) is 8.01. The van der Waals surface area contributed by atoms with Gasteiger partial charge in [0.2, 0.25) is 0 Å². The summed E-state index contributed by atoms with van der Waals surface area (Å²) in [6.45, 7) is 3.53. The van der Waals surface area contributed by atoms with E-state index in [9.17, 15) is 4.79 Å². The maximum Gasteiger partial charge on any atom is 0.255 e. The van der Waals surface area contributed by atoms with Crippen LogP contribution in [0.4, 0.5) is 11.5 Å². The van der Waals surface area contributed by atoms with E-state index < -0.39 is 0 Å². The molecule has 1 amide bonds. The van der Waals surface area contributed by atoms with Crippen molar-refractivity contribution >= 4 is 33.3 Å². The van der Waals surface area contributed by atoms with Crippen LogP contribution in [0.1, 0.15) is 28.8 Å². The molecule has 24 heavy (non-hydrogen) atoms. The average molecular weight is 390 g/mol. The minimum absolute atomic E-state index is 0.153. The van der Waals surface area contributed by atoms with Crippen LogP contribution >= 0.6 is 15.9 Å². The Morgan fingerprint density at radius 2 is 2.25 bits per heavy atom. The topological polar surface area (TPSA) is 63.2 Å². The maximum atomic E-state index is 12.4. The zero-order valence-electron chi connectivity index (χ0n) is 13.5. The molecule has 0 aliphatic carbocycles. The first-order valence-corrected chi connectivity index (χ1v) is 8.80. The van der Waals surface area contributed by atoms with E-state index in [4.69, 9.17) is 4.74 Å². The Hall–Kier alpha value is -1.92. The van der Waals surface area contributed by atoms with Crippen molar-refractivity contribution in [2.45, 2.75) is 25.9 Å². The van der Waals surface area contributed by atoms with Gasteiger partial charge in [0.1, 0.15) is 5.82 Å². The summed E-state index contributed by atoms with van der Waals surface area (Å²) in [6, 6.07) is 9.19. The molecule has 1 aromatic carbocycles. The summed E-state index contributed by atoms with van der Waals surface area (Å²) in [4.78, 5) is 16.7. The molecule has 1 aliphatic heterocycles. The van der Waals surface area contributed by atoms with Gasteiger partial charge in [-0.3, -0.25) is 4.79 Å². The zero-order valence-corrected chi connectivity index (χ0v) is 15.1. The molecule has 0 radical (unpaired) electrons. The monoisotopic (exact) mass is 389 g/mol. The van der Waals surface area contributed by atoms with Crippen LogP contribution in [0.5, 0.6) is 0 Å². The summed E-state index contributed by atoms with van der Waals surface area (Å²) in [6.07, 6.45) is 4.04. The predicted octanol–water partition coefficient (Wildman–Crippen LogP) is 4.00. The van der Waals surface area contributed by atoms with Crippen molar-refractivity contribution < 1.29 is 9.53 Å². The standard InChI is InChI=1S/C18H20BrN3O2/c1-12-9-14(4-5-16(12)19)22-18(23)13-6-7-20-17(10-13)21-11-15-3-2-8-24-15/h4-7,9-10,15H,2-3,8,11H2,1H3,(H,20,21)(H,22,23). The minimum atomic E-state index is -0.153. The molecule has 2 aromatic rings. The highest BCUT2D eigenvalue weighted by Crippen LogP contribution is 2.21. The quantitative estimate of drug-likeness (QED) is 0.810. The van der Waals surface area contributed by atoms with Crippen LogP contribution in [-0.2, 0) is 4.74 Å². The van der Waals surface area contributed by atoms with Crippen LogP contribution in [0.2, 0.25) is 0 Å². The van der Waals surface area contributed by atoms with Gasteiger partial charge in [-0.25, -0.2) is 4.98 Å². The fraction of sp³-hybridized carbons (Fsp3) is 0.333. The molecule has 126 valence electrons. The molecule has 0 spiro atoms. The van der Waals surface area contributed by atoms with Gasteiger partial charge < -0.3 is 15.4 Å². The van der Waals surface area contributed by atoms with Crippen molar-refractivity contribution in [3.05, 3.63) is 52.1 Å². The van der Waals surface area contributed by atoms with Crippen molar-refractivity contribution in [1.29, 1.82) is 0 Å². The normalized spacial score (nSPS) is 16.8. The van der Waals surface area contributed by atoms with Gasteiger partial charge in [0.15, 0.2) is 0 Å². The van der Waals surface area contributed by atoms with Gasteiger partial charge in [0, 0.05) is 35.1 Å². The fourth-order valence-corrected chi connectivity index (χ4v) is 2.86. The molecule has 1 saturated heterocycles. The van der Waals surface area contributed by atoms with E-state index in [1.165, 1.54) is 0 Å². The Balaban J connectivity index is 1.63. The third-order valence-corrected chi connectivity index (χ3v) is 4.86. The van der Waals surface area contributed by atoms with Crippen LogP contribution in [0.3, 0.4) is 0 Å². The van der Waals surface area contributed by atoms with Gasteiger partial charge in [0.25, 0.3) is 5.91 Å². The third-order valence-electron chi connectivity index (χ3n) is 3.97. The van der Waals surface area contributed by atoms with E-state index in [0.717, 1.165) is 35.2 Å². The molecule has 0 saturated carbocycles. The van der Waals surface area contributed by atoms with E-state index in [2.05, 4.69) is 31.5 Å². The van der Waals surface area contributed by atoms with Crippen molar-refractivity contribution in [1.82, 2.24) is 4.98 Å². The number of aryl methyl sites for hydroxylation is 1. The molecule has 1 fully saturated rings. The number of aromatic nitrogens is 1. The molecule has 0 bridgehead atoms. The van der Waals surface area contributed by atoms with Crippen molar-refractivity contribution in [2.24, 2.45) is 0 Å². The molecule has 1 unspecified atom stereocenters. The van der Waals surface area contributed by atoms with Crippen LogP contribution in [-0.4, -0.2) is 30.1 Å². The second kappa shape index (κ2) is 7.77. The van der Waals surface area contributed by atoms with E-state index in [1.54, 1.807) is 18.3 Å². The van der Waals surface area contributed by atoms with Crippen LogP contribution < -0.4 is 10.6 Å². The van der Waals surface area contributed by atoms with Crippen LogP contribution in [0.25, 0.3) is 0 Å². The molecule has 1 aromatic heterocycles. The molecule has 2 heterocycles. The van der Waals surface area contributed by atoms with Crippen LogP contribution in [0.15, 0.2) is 41.0 Å². The molecule has 5 nitrogen and oxygen atoms in total. The number of ether oxygens (including phenoxy) is 1. The minimum Gasteiger partial charge on any atom is -0.376 e. The highest BCUT2D eigenvalue weighted by Gasteiger charge is 2.15. The lowest BCUT2D eigenvalue weighted by molar-refractivity contribution is 0.102. The number of hydrogen-bond acceptors (Lipinski definition) is 4. The molecular formula is C18H20BrN3O2. The number of pyridine rings is 1. The Morgan fingerprint density at radius 3 is 3.00 bits per heavy atom. The summed E-state index contributed by atoms with van der Waals surface area (Å²) in [5.41, 5.74) is 2.41. The lowest BCUT2D eigenvalue weighted by Crippen LogP contribution is -2.19. The van der Waals surface area contributed by atoms with Gasteiger partial charge in [-0.1, -0.05) is 15.9 Å². The first-order chi connectivity index (χ1) is 11.6. The Morgan fingerprint density at radius 1 is 1.38 bits per heavy atom. The van der Waals surface area contributed by atoms with Crippen molar-refractivity contribution in [2.75, 3.05) is 23.8 Å². The van der Waals surface area contributed by atoms with Crippen molar-refractivity contribution in [3.63, 3.8) is 0 Å². The number of benzene rings is 1. The Labute approximate surface area is 149 Å². The number of anilines is 2. The maximum absolute atomic E-state index is 12.4. The van der Waals surface area contributed by atoms with Crippen LogP contribution in [0, 0.1) is 6.92 Å². The molecule has 1 atom stereocenters. The molecular weight excluding hydrogens is 370 g/mol. The summed E-state index contributed by atoms with van der Waals surface area (Å²) >= 11 is 3.46. The number of rotatable bonds is 5. The third kappa shape index (κ3) is 4.33. The summed E-state index contributed by atoms with van der Waals surface area (Å²) < 4.78 is 6.60. The van der Waals surface area contributed by atoms with E-state index >= 15 is 0 Å². The number of halogens is 1. The SMILES string of the molecule is Cc1cc(NC(=O)c2ccnc(NCC3CCCO3)c2)ccc1Br. The number of carbonyl (C=O) groups excluding carboxylic acids is 1. The molecule has 6 heteroatoms. The highest BCUT2D eigenvalue weighted by atomic mass is 79.9. The van der Waals surface area contributed by atoms with Gasteiger partial charge in [-0.2, -0.15) is 0 Å². The van der Waals surface area contributed by atoms with Gasteiger partial charge in [0.05, 0.1) is 6.10 Å². The summed E-state index contributed by atoms with van der Waals surface area (Å²) in [5, 5.41) is 6.15. The lowest BCUT2D eigenvalue weighted by atomic mass is 10.2. The predicted molar refractivity (Wildman–Crippen MR) is 98.5 cm³/mol. The number of hydrogen-bond donors (Lipinski definition) is 2. The summed E-state index contributed by atoms with van der Waals surface area (Å²) in [7, 11) is 0. The second-order valence-corrected chi connectivity index (χ2v) is 6.72. The molecule has 2 N–H and O–H groups in total. The lowest BCUT2D eigenvalue weighted by Gasteiger charge is -2.12. The number of carbonyl (C=O) groups is 1. The largest absolute Gasteiger partial charge is 0.376 e. The van der Waals surface area contributed by atoms with E-state index in [1.807, 2.05) is 25.1 Å². The van der Waals surface area contributed by atoms with Gasteiger partial charge >= 0.3 is 0 Å². The molecule has 1 aliphatic rings. The Kier molecular flexibility index (Phi) is 5.48. The molecule has 3 rings (SSSR count). The average Bonchev–Trinajstić information content (AvgIpc) is 3.10. The first kappa shape index (κ1) is 16.9. The number of nitrogens with one attached hydrogen (secondary N) is 2. The number of nitrogens with zero attached hydrogens (tertiary/aromatic N) is 1. The smallest absolute Gasteiger partial charge is 0.255 e. The Bertz CT molecular complexity index is 730. The van der Waals surface area contributed by atoms with E-state index in [0.29, 0.717) is 17.9 Å². The van der Waals surface area contributed by atoms with Gasteiger partial charge in [-0.05, 0) is 55.7 Å². The zero-order chi connectivity index (χ0) is 16.9. The fourth-order valence-electron chi connectivity index (χ4n) is 2.62. The second-order valence-electron chi connectivity index (χ2n) is 5.86. The number of amides is 1. The van der Waals surface area contributed by atoms with Crippen molar-refractivity contribution in [3.8, 4) is 0 Å². The highest BCUT2D eigenvalue weighted by molar-refractivity contribution is 9.10.